The molecule has 0 bridgehead atoms. The van der Waals surface area contributed by atoms with Gasteiger partial charge >= 0.3 is 0 Å². The van der Waals surface area contributed by atoms with E-state index in [1.54, 1.807) is 9.80 Å². The number of carbonyl (C=O) groups is 2. The molecule has 0 radical (unpaired) electrons. The lowest BCUT2D eigenvalue weighted by Gasteiger charge is -2.45. The molecule has 2 amide bonds. The Morgan fingerprint density at radius 2 is 1.07 bits per heavy atom. The van der Waals surface area contributed by atoms with Crippen molar-refractivity contribution < 1.29 is 9.59 Å². The highest BCUT2D eigenvalue weighted by molar-refractivity contribution is 7.80. The third kappa shape index (κ3) is 3.97. The molecule has 1 aliphatic heterocycles. The van der Waals surface area contributed by atoms with Crippen LogP contribution in [0, 0.1) is 19.3 Å². The van der Waals surface area contributed by atoms with Gasteiger partial charge in [-0.1, -0.05) is 59.7 Å². The van der Waals surface area contributed by atoms with Crippen molar-refractivity contribution in [3.63, 3.8) is 0 Å². The molecule has 0 unspecified atom stereocenters. The van der Waals surface area contributed by atoms with Crippen LogP contribution in [0.1, 0.15) is 36.1 Å². The van der Waals surface area contributed by atoms with Crippen molar-refractivity contribution in [1.29, 1.82) is 0 Å². The molecule has 3 rings (SSSR count). The summed E-state index contributed by atoms with van der Waals surface area (Å²) in [5.74, 6) is -0.387. The summed E-state index contributed by atoms with van der Waals surface area (Å²) in [4.78, 5) is 30.6. The lowest BCUT2D eigenvalue weighted by Crippen LogP contribution is -2.66. The molecular weight excluding hydrogens is 380 g/mol. The average molecular weight is 409 g/mol. The molecule has 5 heteroatoms. The van der Waals surface area contributed by atoms with Crippen LogP contribution in [0.3, 0.4) is 0 Å². The van der Waals surface area contributed by atoms with E-state index in [0.29, 0.717) is 31.0 Å². The zero-order chi connectivity index (χ0) is 21.2. The summed E-state index contributed by atoms with van der Waals surface area (Å²) in [7, 11) is 0. The number of nitrogens with zero attached hydrogens (tertiary/aromatic N) is 2. The van der Waals surface area contributed by atoms with Crippen molar-refractivity contribution in [2.24, 2.45) is 5.41 Å². The minimum atomic E-state index is -1.20. The van der Waals surface area contributed by atoms with E-state index >= 15 is 0 Å². The molecule has 0 atom stereocenters. The maximum absolute atomic E-state index is 13.7. The maximum Gasteiger partial charge on any atom is 0.245 e. The highest BCUT2D eigenvalue weighted by atomic mass is 32.1. The van der Waals surface area contributed by atoms with E-state index in [1.807, 2.05) is 76.2 Å². The van der Waals surface area contributed by atoms with Gasteiger partial charge in [-0.2, -0.15) is 0 Å². The van der Waals surface area contributed by atoms with Gasteiger partial charge in [-0.05, 0) is 63.9 Å². The van der Waals surface area contributed by atoms with Gasteiger partial charge in [0.2, 0.25) is 11.8 Å². The molecule has 4 nitrogen and oxygen atoms in total. The Morgan fingerprint density at radius 1 is 0.724 bits per heavy atom. The summed E-state index contributed by atoms with van der Waals surface area (Å²) >= 11 is 5.48. The second-order valence-corrected chi connectivity index (χ2v) is 8.15. The first-order chi connectivity index (χ1) is 13.8. The van der Waals surface area contributed by atoms with E-state index in [4.69, 9.17) is 12.2 Å². The molecule has 0 N–H and O–H groups in total. The second-order valence-electron chi connectivity index (χ2n) is 7.79. The fraction of sp³-hybridized carbons (Fsp3) is 0.375. The van der Waals surface area contributed by atoms with Crippen molar-refractivity contribution in [3.05, 3.63) is 70.8 Å². The molecule has 0 saturated carbocycles. The van der Waals surface area contributed by atoms with Gasteiger partial charge in [0.05, 0.1) is 0 Å². The summed E-state index contributed by atoms with van der Waals surface area (Å²) in [6, 6.07) is 16.1. The van der Waals surface area contributed by atoms with E-state index in [2.05, 4.69) is 0 Å². The molecule has 0 spiro atoms. The predicted molar refractivity (Wildman–Crippen MR) is 120 cm³/mol. The standard InChI is InChI=1S/C24H28N2O2S/c1-5-25-21(27)24(22(28)26(6-2)23(25)29,15-19-11-7-17(3)8-12-19)16-20-13-9-18(4)10-14-20/h7-14H,5-6,15-16H2,1-4H3. The Labute approximate surface area is 178 Å². The largest absolute Gasteiger partial charge is 0.288 e. The minimum Gasteiger partial charge on any atom is -0.288 e. The topological polar surface area (TPSA) is 40.6 Å². The predicted octanol–water partition coefficient (Wildman–Crippen LogP) is 4.07. The fourth-order valence-corrected chi connectivity index (χ4v) is 4.38. The van der Waals surface area contributed by atoms with Crippen LogP contribution in [-0.2, 0) is 22.4 Å². The second kappa shape index (κ2) is 8.46. The van der Waals surface area contributed by atoms with Gasteiger partial charge < -0.3 is 0 Å². The molecule has 29 heavy (non-hydrogen) atoms. The number of benzene rings is 2. The average Bonchev–Trinajstić information content (AvgIpc) is 2.71. The Hall–Kier alpha value is -2.53. The number of carbonyl (C=O) groups excluding carboxylic acids is 2. The first kappa shape index (κ1) is 21.2. The fourth-order valence-electron chi connectivity index (χ4n) is 3.96. The zero-order valence-electron chi connectivity index (χ0n) is 17.6. The number of rotatable bonds is 6. The minimum absolute atomic E-state index is 0.194. The van der Waals surface area contributed by atoms with Gasteiger partial charge in [-0.3, -0.25) is 19.4 Å². The van der Waals surface area contributed by atoms with Gasteiger partial charge in [0, 0.05) is 13.1 Å². The van der Waals surface area contributed by atoms with Crippen LogP contribution in [0.4, 0.5) is 0 Å². The molecule has 1 fully saturated rings. The van der Waals surface area contributed by atoms with Crippen LogP contribution in [0.15, 0.2) is 48.5 Å². The molecule has 152 valence electrons. The monoisotopic (exact) mass is 408 g/mol. The number of thiocarbonyl (C=S) groups is 1. The zero-order valence-corrected chi connectivity index (χ0v) is 18.4. The summed E-state index contributed by atoms with van der Waals surface area (Å²) in [5.41, 5.74) is 3.05. The van der Waals surface area contributed by atoms with E-state index in [-0.39, 0.29) is 11.8 Å². The van der Waals surface area contributed by atoms with Crippen molar-refractivity contribution >= 4 is 29.1 Å². The summed E-state index contributed by atoms with van der Waals surface area (Å²) in [6.07, 6.45) is 0.711. The van der Waals surface area contributed by atoms with Crippen molar-refractivity contribution in [2.75, 3.05) is 13.1 Å². The van der Waals surface area contributed by atoms with E-state index in [0.717, 1.165) is 22.3 Å². The van der Waals surface area contributed by atoms with E-state index in [9.17, 15) is 9.59 Å². The summed E-state index contributed by atoms with van der Waals surface area (Å²) < 4.78 is 0. The molecule has 2 aromatic rings. The summed E-state index contributed by atoms with van der Waals surface area (Å²) in [6.45, 7) is 8.75. The van der Waals surface area contributed by atoms with Crippen molar-refractivity contribution in [3.8, 4) is 0 Å². The van der Waals surface area contributed by atoms with E-state index < -0.39 is 5.41 Å². The third-order valence-electron chi connectivity index (χ3n) is 5.66. The Kier molecular flexibility index (Phi) is 6.18. The first-order valence-corrected chi connectivity index (χ1v) is 10.5. The first-order valence-electron chi connectivity index (χ1n) is 10.1. The van der Waals surface area contributed by atoms with Crippen LogP contribution >= 0.6 is 12.2 Å². The number of aryl methyl sites for hydroxylation is 2. The van der Waals surface area contributed by atoms with Gasteiger partial charge in [0.1, 0.15) is 5.41 Å². The quantitative estimate of drug-likeness (QED) is 0.534. The molecular formula is C24H28N2O2S. The number of amides is 2. The van der Waals surface area contributed by atoms with Crippen LogP contribution in [0.25, 0.3) is 0 Å². The van der Waals surface area contributed by atoms with Gasteiger partial charge in [-0.15, -0.1) is 0 Å². The molecule has 2 aromatic carbocycles. The maximum atomic E-state index is 13.7. The number of hydrogen-bond acceptors (Lipinski definition) is 3. The van der Waals surface area contributed by atoms with Crippen LogP contribution in [0.2, 0.25) is 0 Å². The van der Waals surface area contributed by atoms with E-state index in [1.165, 1.54) is 0 Å². The van der Waals surface area contributed by atoms with Crippen LogP contribution < -0.4 is 0 Å². The Bertz CT molecular complexity index is 843. The lowest BCUT2D eigenvalue weighted by atomic mass is 9.73. The Morgan fingerprint density at radius 3 is 1.38 bits per heavy atom. The highest BCUT2D eigenvalue weighted by Crippen LogP contribution is 2.37. The summed E-state index contributed by atoms with van der Waals surface area (Å²) in [5, 5.41) is 0.313. The third-order valence-corrected chi connectivity index (χ3v) is 6.10. The van der Waals surface area contributed by atoms with Gasteiger partial charge in [-0.25, -0.2) is 0 Å². The van der Waals surface area contributed by atoms with Crippen molar-refractivity contribution in [2.45, 2.75) is 40.5 Å². The highest BCUT2D eigenvalue weighted by Gasteiger charge is 2.55. The molecule has 0 aliphatic carbocycles. The normalized spacial score (nSPS) is 16.5. The molecule has 1 heterocycles. The van der Waals surface area contributed by atoms with Gasteiger partial charge in [0.25, 0.3) is 0 Å². The van der Waals surface area contributed by atoms with Crippen molar-refractivity contribution in [1.82, 2.24) is 9.80 Å². The SMILES string of the molecule is CCN1C(=O)C(Cc2ccc(C)cc2)(Cc2ccc(C)cc2)C(=O)N(CC)C1=S. The smallest absolute Gasteiger partial charge is 0.245 e. The lowest BCUT2D eigenvalue weighted by molar-refractivity contribution is -0.156. The van der Waals surface area contributed by atoms with Gasteiger partial charge in [0.15, 0.2) is 5.11 Å². The van der Waals surface area contributed by atoms with Crippen LogP contribution in [0.5, 0.6) is 0 Å². The molecule has 1 aliphatic rings. The number of hydrogen-bond donors (Lipinski definition) is 0. The molecule has 0 aromatic heterocycles. The van der Waals surface area contributed by atoms with Crippen LogP contribution in [-0.4, -0.2) is 39.8 Å². The Balaban J connectivity index is 2.12. The molecule has 1 saturated heterocycles.